The van der Waals surface area contributed by atoms with Crippen LogP contribution < -0.4 is 9.30 Å². The van der Waals surface area contributed by atoms with Crippen molar-refractivity contribution in [2.75, 3.05) is 0 Å². The minimum Gasteiger partial charge on any atom is -0.458 e. The molecule has 406 valence electrons. The van der Waals surface area contributed by atoms with E-state index in [4.69, 9.17) is 13.8 Å². The van der Waals surface area contributed by atoms with E-state index in [2.05, 4.69) is 237 Å². The van der Waals surface area contributed by atoms with Crippen LogP contribution in [0.1, 0.15) is 84.9 Å². The highest BCUT2D eigenvalue weighted by Gasteiger charge is 2.39. The SMILES string of the molecule is [2H]c1c([2H])c([2H])c(-c2cccc3c2-[n+]2[c-]n(-c4cccc(Oc5ccc6c7ccccc7n(-c7cc(C(C)(C)C)ccn7)c6c5)c4)c4cc(-n5c6ccccc6c6ccccc65)cc(c42)-c2ccccc2-c2cc4c(cc2-3)C(C)(C)CCC4(C)C)c([2H])c1[2H]. The van der Waals surface area contributed by atoms with Crippen molar-refractivity contribution in [2.24, 2.45) is 0 Å². The van der Waals surface area contributed by atoms with Gasteiger partial charge in [-0.15, -0.1) is 0 Å². The molecule has 0 bridgehead atoms. The van der Waals surface area contributed by atoms with Crippen LogP contribution in [0.4, 0.5) is 0 Å². The van der Waals surface area contributed by atoms with Gasteiger partial charge in [0.2, 0.25) is 0 Å². The van der Waals surface area contributed by atoms with Crippen molar-refractivity contribution in [3.05, 3.63) is 254 Å². The molecule has 0 amide bonds. The van der Waals surface area contributed by atoms with Gasteiger partial charge in [0.05, 0.1) is 51.3 Å². The van der Waals surface area contributed by atoms with E-state index >= 15 is 0 Å². The third kappa shape index (κ3) is 7.69. The van der Waals surface area contributed by atoms with Gasteiger partial charge in [-0.2, -0.15) is 0 Å². The second kappa shape index (κ2) is 18.4. The second-order valence-corrected chi connectivity index (χ2v) is 25.2. The molecule has 16 rings (SSSR count). The first-order valence-corrected chi connectivity index (χ1v) is 29.2. The maximum Gasteiger partial charge on any atom is 0.269 e. The van der Waals surface area contributed by atoms with Gasteiger partial charge in [0, 0.05) is 39.5 Å². The van der Waals surface area contributed by atoms with Crippen LogP contribution in [0.15, 0.2) is 231 Å². The fourth-order valence-electron chi connectivity index (χ4n) is 13.8. The van der Waals surface area contributed by atoms with Gasteiger partial charge in [0.1, 0.15) is 17.3 Å². The van der Waals surface area contributed by atoms with E-state index in [0.717, 1.165) is 118 Å². The van der Waals surface area contributed by atoms with Crippen molar-refractivity contribution < 1.29 is 16.2 Å². The van der Waals surface area contributed by atoms with Crippen molar-refractivity contribution >= 4 is 54.6 Å². The normalized spacial score (nSPS) is 15.1. The molecule has 0 saturated carbocycles. The van der Waals surface area contributed by atoms with E-state index in [1.54, 1.807) is 0 Å². The van der Waals surface area contributed by atoms with Gasteiger partial charge in [-0.25, -0.2) is 4.98 Å². The van der Waals surface area contributed by atoms with Crippen molar-refractivity contribution in [1.82, 2.24) is 18.7 Å². The molecule has 0 spiro atoms. The number of rotatable bonds is 6. The number of imidazole rings is 1. The molecular formula is C78H63N5O. The molecule has 4 aromatic heterocycles. The first-order chi connectivity index (χ1) is 42.8. The molecule has 0 N–H and O–H groups in total. The van der Waals surface area contributed by atoms with Crippen molar-refractivity contribution in [1.29, 1.82) is 0 Å². The molecule has 6 heteroatoms. The van der Waals surface area contributed by atoms with Crippen LogP contribution in [0.5, 0.6) is 11.5 Å². The van der Waals surface area contributed by atoms with E-state index in [1.807, 2.05) is 36.5 Å². The Morgan fingerprint density at radius 1 is 0.488 bits per heavy atom. The lowest BCUT2D eigenvalue weighted by atomic mass is 9.62. The highest BCUT2D eigenvalue weighted by atomic mass is 16.5. The van der Waals surface area contributed by atoms with Gasteiger partial charge in [-0.1, -0.05) is 188 Å². The average molecular weight is 1090 g/mol. The van der Waals surface area contributed by atoms with Crippen LogP contribution in [0.3, 0.4) is 0 Å². The molecular weight excluding hydrogens is 1020 g/mol. The zero-order valence-electron chi connectivity index (χ0n) is 53.1. The molecule has 6 nitrogen and oxygen atoms in total. The summed E-state index contributed by atoms with van der Waals surface area (Å²) in [4.78, 5) is 4.95. The lowest BCUT2D eigenvalue weighted by molar-refractivity contribution is -0.570. The number of nitrogens with zero attached hydrogens (tertiary/aromatic N) is 5. The Morgan fingerprint density at radius 2 is 1.06 bits per heavy atom. The van der Waals surface area contributed by atoms with Gasteiger partial charge < -0.3 is 9.30 Å². The largest absolute Gasteiger partial charge is 0.458 e. The summed E-state index contributed by atoms with van der Waals surface area (Å²) in [6, 6.07) is 66.6. The van der Waals surface area contributed by atoms with Crippen LogP contribution in [0, 0.1) is 6.33 Å². The predicted octanol–water partition coefficient (Wildman–Crippen LogP) is 19.7. The number of hydrogen-bond acceptors (Lipinski definition) is 2. The molecule has 14 aromatic rings. The Hall–Kier alpha value is -9.78. The quantitative estimate of drug-likeness (QED) is 0.123. The predicted molar refractivity (Wildman–Crippen MR) is 346 cm³/mol. The third-order valence-electron chi connectivity index (χ3n) is 18.2. The molecule has 0 saturated heterocycles. The Kier molecular flexibility index (Phi) is 9.80. The Morgan fingerprint density at radius 3 is 1.74 bits per heavy atom. The van der Waals surface area contributed by atoms with Crippen molar-refractivity contribution in [3.8, 4) is 78.9 Å². The maximum absolute atomic E-state index is 9.63. The highest BCUT2D eigenvalue weighted by molar-refractivity contribution is 6.11. The van der Waals surface area contributed by atoms with Gasteiger partial charge >= 0.3 is 0 Å². The van der Waals surface area contributed by atoms with Crippen molar-refractivity contribution in [2.45, 2.75) is 77.6 Å². The van der Waals surface area contributed by atoms with Gasteiger partial charge in [0.25, 0.3) is 6.33 Å². The first kappa shape index (κ1) is 44.8. The first-order valence-electron chi connectivity index (χ1n) is 31.7. The molecule has 1 aliphatic carbocycles. The van der Waals surface area contributed by atoms with E-state index in [-0.39, 0.29) is 33.9 Å². The molecule has 5 heterocycles. The molecule has 2 aliphatic rings. The summed E-state index contributed by atoms with van der Waals surface area (Å²) in [5.41, 5.74) is 18.0. The standard InChI is InChI=1S/C78H63N5O/c1-76(2,3)50-37-40-79-73(41-50)83-70-34-18-15-29-60(70)61-36-35-54(45-71(61)83)84-53-24-19-23-51(42-53)80-48-81-74-55(49-21-9-8-10-22-49)30-20-31-62(74)64-47-67-66(77(4,5)38-39-78(67,6)7)46-63(64)56-25-11-12-26-57(56)65-43-52(44-72(80)75(65)81)82-68-32-16-13-27-58(68)59-28-14-17-33-69(59)82/h8-37,40-47H,38-39H2,1-7H3/i8D,9D,10D,21D,22D. The smallest absolute Gasteiger partial charge is 0.269 e. The number of pyridine rings is 1. The van der Waals surface area contributed by atoms with Crippen molar-refractivity contribution in [3.63, 3.8) is 0 Å². The van der Waals surface area contributed by atoms with E-state index < -0.39 is 18.1 Å². The van der Waals surface area contributed by atoms with E-state index in [9.17, 15) is 2.74 Å². The van der Waals surface area contributed by atoms with Crippen LogP contribution >= 0.6 is 0 Å². The van der Waals surface area contributed by atoms with Crippen LogP contribution in [0.25, 0.3) is 122 Å². The summed E-state index contributed by atoms with van der Waals surface area (Å²) < 4.78 is 62.0. The fraction of sp³-hybridized carbons (Fsp3) is 0.154. The molecule has 0 unspecified atom stereocenters. The number of hydrogen-bond donors (Lipinski definition) is 0. The van der Waals surface area contributed by atoms with Gasteiger partial charge in [-0.3, -0.25) is 13.7 Å². The van der Waals surface area contributed by atoms with E-state index in [0.29, 0.717) is 22.7 Å². The number of fused-ring (bicyclic) bond motifs is 14. The summed E-state index contributed by atoms with van der Waals surface area (Å²) in [7, 11) is 0. The zero-order chi connectivity index (χ0) is 61.2. The lowest BCUT2D eigenvalue weighted by Gasteiger charge is -2.42. The minimum absolute atomic E-state index is 0.0816. The molecule has 10 aromatic carbocycles. The number of para-hydroxylation sites is 4. The summed E-state index contributed by atoms with van der Waals surface area (Å²) >= 11 is 0. The van der Waals surface area contributed by atoms with Gasteiger partial charge in [0.15, 0.2) is 0 Å². The van der Waals surface area contributed by atoms with Crippen LogP contribution in [-0.4, -0.2) is 18.7 Å². The van der Waals surface area contributed by atoms with Crippen LogP contribution in [-0.2, 0) is 16.2 Å². The summed E-state index contributed by atoms with van der Waals surface area (Å²) in [6.07, 6.45) is 7.90. The Balaban J connectivity index is 0.996. The molecule has 0 atom stereocenters. The number of ether oxygens (including phenoxy) is 1. The molecule has 1 aliphatic heterocycles. The number of aromatic nitrogens is 5. The summed E-state index contributed by atoms with van der Waals surface area (Å²) in [6.45, 7) is 16.1. The summed E-state index contributed by atoms with van der Waals surface area (Å²) in [5.74, 6) is 2.09. The molecule has 0 radical (unpaired) electrons. The zero-order valence-corrected chi connectivity index (χ0v) is 48.1. The third-order valence-corrected chi connectivity index (χ3v) is 18.2. The summed E-state index contributed by atoms with van der Waals surface area (Å²) in [5, 5.41) is 4.49. The van der Waals surface area contributed by atoms with E-state index in [1.165, 1.54) is 16.7 Å². The maximum atomic E-state index is 9.63. The second-order valence-electron chi connectivity index (χ2n) is 25.2. The number of benzene rings is 10. The van der Waals surface area contributed by atoms with Crippen LogP contribution in [0.2, 0.25) is 0 Å². The van der Waals surface area contributed by atoms with Gasteiger partial charge in [-0.05, 0) is 169 Å². The topological polar surface area (TPSA) is 40.8 Å². The molecule has 84 heavy (non-hydrogen) atoms. The fourth-order valence-corrected chi connectivity index (χ4v) is 13.8. The highest BCUT2D eigenvalue weighted by Crippen LogP contribution is 2.53. The Bertz CT molecular complexity index is 5280. The molecule has 0 fully saturated rings. The average Bonchev–Trinajstić information content (AvgIpc) is 1.78. The Labute approximate surface area is 497 Å². The lowest BCUT2D eigenvalue weighted by Crippen LogP contribution is -2.34. The minimum atomic E-state index is -0.445. The monoisotopic (exact) mass is 1090 g/mol.